The first-order valence-corrected chi connectivity index (χ1v) is 9.30. The molecule has 1 aliphatic rings. The minimum absolute atomic E-state index is 0.0294. The minimum atomic E-state index is -0.415. The van der Waals surface area contributed by atoms with Gasteiger partial charge < -0.3 is 14.3 Å². The molecule has 1 fully saturated rings. The van der Waals surface area contributed by atoms with Crippen LogP contribution in [-0.4, -0.2) is 43.0 Å². The van der Waals surface area contributed by atoms with Crippen LogP contribution in [0.1, 0.15) is 46.5 Å². The SMILES string of the molecule is Cc1cc(C(=O)N2CCCC(c3nc4c([nH]3)c(=O)n(C)c(=O)n4C)C2)c(C)o1. The molecule has 28 heavy (non-hydrogen) atoms. The Balaban J connectivity index is 1.67. The van der Waals surface area contributed by atoms with E-state index in [0.717, 1.165) is 17.4 Å². The third-order valence-electron chi connectivity index (χ3n) is 5.48. The number of H-pyrrole nitrogens is 1. The molecule has 0 spiro atoms. The minimum Gasteiger partial charge on any atom is -0.466 e. The highest BCUT2D eigenvalue weighted by Crippen LogP contribution is 2.27. The quantitative estimate of drug-likeness (QED) is 0.713. The molecule has 148 valence electrons. The molecule has 9 heteroatoms. The van der Waals surface area contributed by atoms with Crippen LogP contribution in [0.4, 0.5) is 0 Å². The second kappa shape index (κ2) is 6.50. The molecule has 0 saturated carbocycles. The van der Waals surface area contributed by atoms with Crippen LogP contribution in [0.2, 0.25) is 0 Å². The molecular formula is C19H23N5O4. The van der Waals surface area contributed by atoms with Crippen molar-refractivity contribution in [2.24, 2.45) is 14.1 Å². The third-order valence-corrected chi connectivity index (χ3v) is 5.48. The second-order valence-corrected chi connectivity index (χ2v) is 7.44. The second-order valence-electron chi connectivity index (χ2n) is 7.44. The predicted molar refractivity (Wildman–Crippen MR) is 103 cm³/mol. The van der Waals surface area contributed by atoms with Gasteiger partial charge in [0.2, 0.25) is 0 Å². The highest BCUT2D eigenvalue weighted by molar-refractivity contribution is 5.95. The Labute approximate surface area is 160 Å². The van der Waals surface area contributed by atoms with Gasteiger partial charge in [0.05, 0.1) is 5.56 Å². The van der Waals surface area contributed by atoms with Crippen LogP contribution >= 0.6 is 0 Å². The van der Waals surface area contributed by atoms with E-state index in [1.165, 1.54) is 11.6 Å². The van der Waals surface area contributed by atoms with Crippen LogP contribution in [0.25, 0.3) is 11.2 Å². The van der Waals surface area contributed by atoms with Crippen molar-refractivity contribution in [2.75, 3.05) is 13.1 Å². The fourth-order valence-electron chi connectivity index (χ4n) is 3.94. The van der Waals surface area contributed by atoms with Gasteiger partial charge in [0.15, 0.2) is 5.65 Å². The van der Waals surface area contributed by atoms with Crippen molar-refractivity contribution < 1.29 is 9.21 Å². The number of furan rings is 1. The third kappa shape index (κ3) is 2.78. The summed E-state index contributed by atoms with van der Waals surface area (Å²) in [5.74, 6) is 1.87. The number of piperidine rings is 1. The van der Waals surface area contributed by atoms with Crippen molar-refractivity contribution >= 4 is 17.1 Å². The highest BCUT2D eigenvalue weighted by atomic mass is 16.3. The van der Waals surface area contributed by atoms with Gasteiger partial charge in [-0.1, -0.05) is 0 Å². The number of amides is 1. The first kappa shape index (κ1) is 18.3. The van der Waals surface area contributed by atoms with E-state index in [2.05, 4.69) is 9.97 Å². The van der Waals surface area contributed by atoms with Crippen molar-refractivity contribution in [3.8, 4) is 0 Å². The van der Waals surface area contributed by atoms with Gasteiger partial charge in [-0.25, -0.2) is 9.78 Å². The summed E-state index contributed by atoms with van der Waals surface area (Å²) in [6, 6.07) is 1.77. The molecular weight excluding hydrogens is 362 g/mol. The molecule has 1 unspecified atom stereocenters. The lowest BCUT2D eigenvalue weighted by Crippen LogP contribution is -2.39. The number of nitrogens with zero attached hydrogens (tertiary/aromatic N) is 4. The Bertz CT molecular complexity index is 1200. The zero-order valence-electron chi connectivity index (χ0n) is 16.4. The van der Waals surface area contributed by atoms with E-state index < -0.39 is 11.2 Å². The van der Waals surface area contributed by atoms with Crippen LogP contribution < -0.4 is 11.2 Å². The largest absolute Gasteiger partial charge is 0.466 e. The lowest BCUT2D eigenvalue weighted by atomic mass is 9.96. The molecule has 0 aliphatic carbocycles. The predicted octanol–water partition coefficient (Wildman–Crippen LogP) is 1.19. The van der Waals surface area contributed by atoms with Gasteiger partial charge in [-0.15, -0.1) is 0 Å². The van der Waals surface area contributed by atoms with Crippen LogP contribution in [-0.2, 0) is 14.1 Å². The topological polar surface area (TPSA) is 106 Å². The summed E-state index contributed by atoms with van der Waals surface area (Å²) in [4.78, 5) is 46.9. The van der Waals surface area contributed by atoms with Gasteiger partial charge >= 0.3 is 5.69 Å². The zero-order valence-corrected chi connectivity index (χ0v) is 16.4. The number of carbonyl (C=O) groups excluding carboxylic acids is 1. The number of aromatic amines is 1. The van der Waals surface area contributed by atoms with Gasteiger partial charge in [-0.2, -0.15) is 0 Å². The molecule has 3 aromatic heterocycles. The van der Waals surface area contributed by atoms with E-state index in [1.54, 1.807) is 24.9 Å². The summed E-state index contributed by atoms with van der Waals surface area (Å²) in [6.07, 6.45) is 1.68. The highest BCUT2D eigenvalue weighted by Gasteiger charge is 2.29. The van der Waals surface area contributed by atoms with E-state index in [4.69, 9.17) is 4.42 Å². The number of aromatic nitrogens is 4. The summed E-state index contributed by atoms with van der Waals surface area (Å²) in [7, 11) is 3.04. The average Bonchev–Trinajstić information content (AvgIpc) is 3.27. The molecule has 1 aliphatic heterocycles. The summed E-state index contributed by atoms with van der Waals surface area (Å²) >= 11 is 0. The Morgan fingerprint density at radius 2 is 2.00 bits per heavy atom. The molecule has 0 aromatic carbocycles. The summed E-state index contributed by atoms with van der Waals surface area (Å²) in [6.45, 7) is 4.77. The Morgan fingerprint density at radius 1 is 1.25 bits per heavy atom. The summed E-state index contributed by atoms with van der Waals surface area (Å²) in [5.41, 5.74) is 0.420. The lowest BCUT2D eigenvalue weighted by Gasteiger charge is -2.31. The Kier molecular flexibility index (Phi) is 4.24. The van der Waals surface area contributed by atoms with Crippen LogP contribution in [0.3, 0.4) is 0 Å². The van der Waals surface area contributed by atoms with Crippen molar-refractivity contribution in [3.63, 3.8) is 0 Å². The van der Waals surface area contributed by atoms with Gasteiger partial charge in [-0.3, -0.25) is 18.7 Å². The van der Waals surface area contributed by atoms with Gasteiger partial charge in [0.1, 0.15) is 22.9 Å². The first-order valence-electron chi connectivity index (χ1n) is 9.30. The van der Waals surface area contributed by atoms with Crippen LogP contribution in [0.5, 0.6) is 0 Å². The maximum atomic E-state index is 12.9. The number of carbonyl (C=O) groups is 1. The molecule has 1 amide bonds. The summed E-state index contributed by atoms with van der Waals surface area (Å²) in [5, 5.41) is 0. The summed E-state index contributed by atoms with van der Waals surface area (Å²) < 4.78 is 7.91. The molecule has 4 heterocycles. The molecule has 0 bridgehead atoms. The fourth-order valence-corrected chi connectivity index (χ4v) is 3.94. The normalized spacial score (nSPS) is 17.4. The first-order chi connectivity index (χ1) is 13.3. The van der Waals surface area contributed by atoms with Crippen molar-refractivity contribution in [1.29, 1.82) is 0 Å². The Hall–Kier alpha value is -3.10. The van der Waals surface area contributed by atoms with E-state index in [1.807, 2.05) is 6.92 Å². The number of likely N-dealkylation sites (tertiary alicyclic amines) is 1. The lowest BCUT2D eigenvalue weighted by molar-refractivity contribution is 0.0703. The monoisotopic (exact) mass is 385 g/mol. The number of nitrogens with one attached hydrogen (secondary N) is 1. The van der Waals surface area contributed by atoms with Crippen LogP contribution in [0.15, 0.2) is 20.1 Å². The maximum absolute atomic E-state index is 12.9. The maximum Gasteiger partial charge on any atom is 0.332 e. The number of fused-ring (bicyclic) bond motifs is 1. The smallest absolute Gasteiger partial charge is 0.332 e. The zero-order chi connectivity index (χ0) is 20.2. The molecule has 1 saturated heterocycles. The number of hydrogen-bond donors (Lipinski definition) is 1. The number of rotatable bonds is 2. The fraction of sp³-hybridized carbons (Fsp3) is 0.474. The number of hydrogen-bond acceptors (Lipinski definition) is 5. The molecule has 9 nitrogen and oxygen atoms in total. The van der Waals surface area contributed by atoms with Crippen LogP contribution in [0, 0.1) is 13.8 Å². The molecule has 0 radical (unpaired) electrons. The molecule has 1 atom stereocenters. The average molecular weight is 385 g/mol. The number of aryl methyl sites for hydroxylation is 3. The van der Waals surface area contributed by atoms with E-state index >= 15 is 0 Å². The van der Waals surface area contributed by atoms with Gasteiger partial charge in [0.25, 0.3) is 11.5 Å². The van der Waals surface area contributed by atoms with Crippen molar-refractivity contribution in [1.82, 2.24) is 24.0 Å². The standard InChI is InChI=1S/C19H23N5O4/c1-10-8-13(11(2)28-10)17(25)24-7-5-6-12(9-24)15-20-14-16(21-15)22(3)19(27)23(4)18(14)26/h8,12H,5-7,9H2,1-4H3,(H,20,21). The van der Waals surface area contributed by atoms with Crippen molar-refractivity contribution in [3.05, 3.63) is 49.8 Å². The number of imidazole rings is 1. The van der Waals surface area contributed by atoms with Gasteiger partial charge in [0, 0.05) is 33.1 Å². The Morgan fingerprint density at radius 3 is 2.68 bits per heavy atom. The molecule has 4 rings (SSSR count). The van der Waals surface area contributed by atoms with E-state index in [0.29, 0.717) is 47.2 Å². The van der Waals surface area contributed by atoms with Gasteiger partial charge in [-0.05, 0) is 32.8 Å². The van der Waals surface area contributed by atoms with Crippen molar-refractivity contribution in [2.45, 2.75) is 32.6 Å². The molecule has 3 aromatic rings. The van der Waals surface area contributed by atoms with E-state index in [-0.39, 0.29) is 11.8 Å². The molecule has 1 N–H and O–H groups in total. The van der Waals surface area contributed by atoms with E-state index in [9.17, 15) is 14.4 Å².